The Labute approximate surface area is 134 Å². The number of hydrogen-bond acceptors (Lipinski definition) is 2. The molecule has 1 N–H and O–H groups in total. The highest BCUT2D eigenvalue weighted by atomic mass is 35.5. The van der Waals surface area contributed by atoms with Crippen LogP contribution in [0.3, 0.4) is 0 Å². The third-order valence-electron chi connectivity index (χ3n) is 4.72. The van der Waals surface area contributed by atoms with Gasteiger partial charge in [-0.2, -0.15) is 0 Å². The molecule has 1 fully saturated rings. The molecule has 3 heteroatoms. The number of nitrogens with one attached hydrogen (secondary N) is 1. The Morgan fingerprint density at radius 3 is 2.57 bits per heavy atom. The molecule has 1 aromatic rings. The Morgan fingerprint density at radius 1 is 0.905 bits per heavy atom. The molecule has 0 saturated heterocycles. The first-order valence-corrected chi connectivity index (χ1v) is 8.28. The van der Waals surface area contributed by atoms with Gasteiger partial charge in [0.2, 0.25) is 0 Å². The van der Waals surface area contributed by atoms with Crippen molar-refractivity contribution in [3.8, 4) is 0 Å². The minimum absolute atomic E-state index is 0. The van der Waals surface area contributed by atoms with Crippen molar-refractivity contribution in [3.05, 3.63) is 35.9 Å². The molecule has 1 aromatic carbocycles. The van der Waals surface area contributed by atoms with Gasteiger partial charge in [-0.1, -0.05) is 49.6 Å². The lowest BCUT2D eigenvalue weighted by Crippen LogP contribution is -2.37. The Kier molecular flexibility index (Phi) is 6.56. The molecular formula is C18H27ClN2. The molecule has 0 spiro atoms. The van der Waals surface area contributed by atoms with Crippen LogP contribution in [0.1, 0.15) is 62.8 Å². The van der Waals surface area contributed by atoms with E-state index in [1.54, 1.807) is 0 Å². The molecule has 0 amide bonds. The summed E-state index contributed by atoms with van der Waals surface area (Å²) in [5, 5.41) is 3.78. The topological polar surface area (TPSA) is 24.4 Å². The largest absolute Gasteiger partial charge is 0.370 e. The molecule has 2 aliphatic rings. The van der Waals surface area contributed by atoms with Crippen molar-refractivity contribution in [2.24, 2.45) is 4.99 Å². The summed E-state index contributed by atoms with van der Waals surface area (Å²) in [6.45, 7) is 1.02. The van der Waals surface area contributed by atoms with Crippen LogP contribution in [0, 0.1) is 0 Å². The average Bonchev–Trinajstić information content (AvgIpc) is 2.91. The van der Waals surface area contributed by atoms with Gasteiger partial charge >= 0.3 is 0 Å². The summed E-state index contributed by atoms with van der Waals surface area (Å²) in [7, 11) is 0. The molecule has 0 bridgehead atoms. The van der Waals surface area contributed by atoms with Gasteiger partial charge in [0.05, 0.1) is 5.84 Å². The van der Waals surface area contributed by atoms with E-state index < -0.39 is 0 Å². The van der Waals surface area contributed by atoms with Crippen LogP contribution >= 0.6 is 12.4 Å². The molecule has 1 aliphatic carbocycles. The summed E-state index contributed by atoms with van der Waals surface area (Å²) < 4.78 is 0. The summed E-state index contributed by atoms with van der Waals surface area (Å²) in [5.74, 6) is 1.95. The minimum Gasteiger partial charge on any atom is -0.370 e. The quantitative estimate of drug-likeness (QED) is 0.841. The molecule has 1 aliphatic heterocycles. The number of hydrogen-bond donors (Lipinski definition) is 1. The molecule has 3 rings (SSSR count). The lowest BCUT2D eigenvalue weighted by Gasteiger charge is -2.24. The predicted molar refractivity (Wildman–Crippen MR) is 92.6 cm³/mol. The van der Waals surface area contributed by atoms with Crippen LogP contribution in [0.2, 0.25) is 0 Å². The number of amidine groups is 1. The maximum absolute atomic E-state index is 4.78. The van der Waals surface area contributed by atoms with E-state index in [2.05, 4.69) is 35.6 Å². The second kappa shape index (κ2) is 8.43. The Morgan fingerprint density at radius 2 is 1.71 bits per heavy atom. The predicted octanol–water partition coefficient (Wildman–Crippen LogP) is 4.70. The van der Waals surface area contributed by atoms with Crippen molar-refractivity contribution < 1.29 is 0 Å². The van der Waals surface area contributed by atoms with Crippen molar-refractivity contribution in [3.63, 3.8) is 0 Å². The van der Waals surface area contributed by atoms with E-state index in [0.29, 0.717) is 12.0 Å². The molecule has 0 aromatic heterocycles. The maximum Gasteiger partial charge on any atom is 0.0965 e. The van der Waals surface area contributed by atoms with Crippen LogP contribution in [-0.4, -0.2) is 18.4 Å². The maximum atomic E-state index is 4.78. The summed E-state index contributed by atoms with van der Waals surface area (Å²) in [5.41, 5.74) is 1.49. The van der Waals surface area contributed by atoms with Crippen molar-refractivity contribution in [1.29, 1.82) is 0 Å². The van der Waals surface area contributed by atoms with E-state index in [1.165, 1.54) is 56.3 Å². The molecule has 2 atom stereocenters. The van der Waals surface area contributed by atoms with Crippen LogP contribution in [0.4, 0.5) is 0 Å². The fourth-order valence-corrected chi connectivity index (χ4v) is 3.61. The first kappa shape index (κ1) is 16.4. The highest BCUT2D eigenvalue weighted by molar-refractivity contribution is 5.85. The fraction of sp³-hybridized carbons (Fsp3) is 0.611. The molecule has 2 unspecified atom stereocenters. The Balaban J connectivity index is 0.00000161. The second-order valence-electron chi connectivity index (χ2n) is 6.19. The molecular weight excluding hydrogens is 280 g/mol. The van der Waals surface area contributed by atoms with Gasteiger partial charge in [-0.25, -0.2) is 0 Å². The number of benzene rings is 1. The van der Waals surface area contributed by atoms with Gasteiger partial charge in [-0.3, -0.25) is 4.99 Å². The van der Waals surface area contributed by atoms with E-state index in [-0.39, 0.29) is 12.4 Å². The van der Waals surface area contributed by atoms with Crippen LogP contribution in [0.25, 0.3) is 0 Å². The van der Waals surface area contributed by atoms with Crippen LogP contribution in [0.15, 0.2) is 35.3 Å². The van der Waals surface area contributed by atoms with Gasteiger partial charge in [0.1, 0.15) is 0 Å². The SMILES string of the molecule is Cl.c1ccc(C2CCCC2NC2=NCCCCCC2)cc1. The van der Waals surface area contributed by atoms with E-state index in [0.717, 1.165) is 13.0 Å². The zero-order valence-corrected chi connectivity index (χ0v) is 13.6. The highest BCUT2D eigenvalue weighted by Gasteiger charge is 2.29. The number of aliphatic imine (C=N–C) groups is 1. The summed E-state index contributed by atoms with van der Waals surface area (Å²) in [4.78, 5) is 4.78. The fourth-order valence-electron chi connectivity index (χ4n) is 3.61. The first-order valence-electron chi connectivity index (χ1n) is 8.28. The van der Waals surface area contributed by atoms with Gasteiger partial charge < -0.3 is 5.32 Å². The molecule has 21 heavy (non-hydrogen) atoms. The molecule has 1 saturated carbocycles. The molecule has 0 radical (unpaired) electrons. The highest BCUT2D eigenvalue weighted by Crippen LogP contribution is 2.34. The van der Waals surface area contributed by atoms with Gasteiger partial charge in [-0.15, -0.1) is 12.4 Å². The van der Waals surface area contributed by atoms with Crippen molar-refractivity contribution in [1.82, 2.24) is 5.32 Å². The lowest BCUT2D eigenvalue weighted by molar-refractivity contribution is 0.544. The number of halogens is 1. The van der Waals surface area contributed by atoms with Crippen LogP contribution < -0.4 is 5.32 Å². The molecule has 2 nitrogen and oxygen atoms in total. The van der Waals surface area contributed by atoms with Crippen LogP contribution in [0.5, 0.6) is 0 Å². The van der Waals surface area contributed by atoms with Gasteiger partial charge in [0, 0.05) is 24.9 Å². The number of rotatable bonds is 2. The van der Waals surface area contributed by atoms with E-state index >= 15 is 0 Å². The Hall–Kier alpha value is -1.02. The summed E-state index contributed by atoms with van der Waals surface area (Å²) in [6, 6.07) is 11.6. The summed E-state index contributed by atoms with van der Waals surface area (Å²) in [6.07, 6.45) is 10.4. The van der Waals surface area contributed by atoms with Crippen molar-refractivity contribution in [2.75, 3.05) is 6.54 Å². The number of nitrogens with zero attached hydrogens (tertiary/aromatic N) is 1. The zero-order valence-electron chi connectivity index (χ0n) is 12.8. The third-order valence-corrected chi connectivity index (χ3v) is 4.72. The Bertz CT molecular complexity index is 444. The zero-order chi connectivity index (χ0) is 13.6. The van der Waals surface area contributed by atoms with Gasteiger partial charge in [-0.05, 0) is 31.2 Å². The van der Waals surface area contributed by atoms with E-state index in [4.69, 9.17) is 4.99 Å². The van der Waals surface area contributed by atoms with E-state index in [9.17, 15) is 0 Å². The standard InChI is InChI=1S/C18H26N2.ClH/c1-2-7-14-19-18(13-6-1)20-17-12-8-11-16(17)15-9-4-3-5-10-15;/h3-5,9-10,16-17H,1-2,6-8,11-14H2,(H,19,20);1H. The normalized spacial score (nSPS) is 26.2. The van der Waals surface area contributed by atoms with Crippen LogP contribution in [-0.2, 0) is 0 Å². The van der Waals surface area contributed by atoms with Crippen molar-refractivity contribution in [2.45, 2.75) is 63.3 Å². The third kappa shape index (κ3) is 4.47. The van der Waals surface area contributed by atoms with Gasteiger partial charge in [0.15, 0.2) is 0 Å². The van der Waals surface area contributed by atoms with Gasteiger partial charge in [0.25, 0.3) is 0 Å². The smallest absolute Gasteiger partial charge is 0.0965 e. The second-order valence-corrected chi connectivity index (χ2v) is 6.19. The average molecular weight is 307 g/mol. The minimum atomic E-state index is 0. The molecule has 116 valence electrons. The monoisotopic (exact) mass is 306 g/mol. The first-order chi connectivity index (χ1) is 9.93. The van der Waals surface area contributed by atoms with Crippen molar-refractivity contribution >= 4 is 18.2 Å². The van der Waals surface area contributed by atoms with E-state index in [1.807, 2.05) is 0 Å². The lowest BCUT2D eigenvalue weighted by atomic mass is 9.94. The molecule has 1 heterocycles. The summed E-state index contributed by atoms with van der Waals surface area (Å²) >= 11 is 0.